The van der Waals surface area contributed by atoms with Gasteiger partial charge in [0.2, 0.25) is 5.82 Å². The van der Waals surface area contributed by atoms with Gasteiger partial charge >= 0.3 is 11.8 Å². The summed E-state index contributed by atoms with van der Waals surface area (Å²) in [5.41, 5.74) is 2.33. The van der Waals surface area contributed by atoms with E-state index < -0.39 is 5.91 Å². The van der Waals surface area contributed by atoms with E-state index in [0.717, 1.165) is 15.9 Å². The SMILES string of the molecule is COCCNC(=O)c1nc(-c2cn(-c3ccc(Br)cc3)nc2C)no1. The van der Waals surface area contributed by atoms with Crippen LogP contribution in [0.1, 0.15) is 16.4 Å². The highest BCUT2D eigenvalue weighted by Gasteiger charge is 2.19. The molecular weight excluding hydrogens is 390 g/mol. The molecule has 25 heavy (non-hydrogen) atoms. The lowest BCUT2D eigenvalue weighted by atomic mass is 10.2. The number of amides is 1. The van der Waals surface area contributed by atoms with Crippen LogP contribution < -0.4 is 5.32 Å². The molecule has 1 aromatic carbocycles. The highest BCUT2D eigenvalue weighted by molar-refractivity contribution is 9.10. The number of rotatable bonds is 6. The number of aryl methyl sites for hydroxylation is 1. The van der Waals surface area contributed by atoms with Crippen molar-refractivity contribution in [2.45, 2.75) is 6.92 Å². The van der Waals surface area contributed by atoms with Gasteiger partial charge in [-0.15, -0.1) is 0 Å². The van der Waals surface area contributed by atoms with Gasteiger partial charge in [-0.1, -0.05) is 21.1 Å². The number of nitrogens with one attached hydrogen (secondary N) is 1. The van der Waals surface area contributed by atoms with E-state index in [2.05, 4.69) is 36.5 Å². The molecule has 0 saturated carbocycles. The lowest BCUT2D eigenvalue weighted by molar-refractivity contribution is 0.0893. The van der Waals surface area contributed by atoms with Crippen molar-refractivity contribution < 1.29 is 14.1 Å². The Morgan fingerprint density at radius 1 is 1.36 bits per heavy atom. The highest BCUT2D eigenvalue weighted by atomic mass is 79.9. The van der Waals surface area contributed by atoms with E-state index in [-0.39, 0.29) is 5.89 Å². The van der Waals surface area contributed by atoms with Crippen molar-refractivity contribution in [2.24, 2.45) is 0 Å². The van der Waals surface area contributed by atoms with E-state index in [4.69, 9.17) is 9.26 Å². The first-order chi connectivity index (χ1) is 12.1. The minimum absolute atomic E-state index is 0.0955. The molecule has 0 atom stereocenters. The van der Waals surface area contributed by atoms with Crippen molar-refractivity contribution in [1.29, 1.82) is 0 Å². The zero-order valence-electron chi connectivity index (χ0n) is 13.7. The average Bonchev–Trinajstić information content (AvgIpc) is 3.22. The second-order valence-electron chi connectivity index (χ2n) is 5.22. The van der Waals surface area contributed by atoms with Crippen LogP contribution in [0.4, 0.5) is 0 Å². The van der Waals surface area contributed by atoms with E-state index >= 15 is 0 Å². The summed E-state index contributed by atoms with van der Waals surface area (Å²) in [6, 6.07) is 7.74. The fraction of sp³-hybridized carbons (Fsp3) is 0.250. The van der Waals surface area contributed by atoms with Gasteiger partial charge in [-0.05, 0) is 31.2 Å². The van der Waals surface area contributed by atoms with Gasteiger partial charge in [0.25, 0.3) is 0 Å². The molecule has 0 aliphatic heterocycles. The first-order valence-corrected chi connectivity index (χ1v) is 8.31. The van der Waals surface area contributed by atoms with Gasteiger partial charge in [0.1, 0.15) is 0 Å². The van der Waals surface area contributed by atoms with Crippen LogP contribution in [-0.4, -0.2) is 46.1 Å². The topological polar surface area (TPSA) is 95.1 Å². The summed E-state index contributed by atoms with van der Waals surface area (Å²) in [6.45, 7) is 2.62. The Kier molecular flexibility index (Phi) is 5.25. The van der Waals surface area contributed by atoms with Gasteiger partial charge in [0.15, 0.2) is 0 Å². The van der Waals surface area contributed by atoms with Gasteiger partial charge < -0.3 is 14.6 Å². The maximum atomic E-state index is 11.9. The molecular formula is C16H16BrN5O3. The van der Waals surface area contributed by atoms with E-state index in [1.807, 2.05) is 31.2 Å². The van der Waals surface area contributed by atoms with Crippen LogP contribution in [0, 0.1) is 6.92 Å². The summed E-state index contributed by atoms with van der Waals surface area (Å²) in [5, 5.41) is 11.0. The lowest BCUT2D eigenvalue weighted by Gasteiger charge is -2.00. The summed E-state index contributed by atoms with van der Waals surface area (Å²) in [5.74, 6) is -0.214. The molecule has 0 bridgehead atoms. The molecule has 3 aromatic rings. The monoisotopic (exact) mass is 405 g/mol. The normalized spacial score (nSPS) is 10.8. The third-order valence-corrected chi connectivity index (χ3v) is 3.97. The van der Waals surface area contributed by atoms with Gasteiger partial charge in [-0.3, -0.25) is 4.79 Å². The first-order valence-electron chi connectivity index (χ1n) is 7.52. The minimum Gasteiger partial charge on any atom is -0.383 e. The number of carbonyl (C=O) groups is 1. The fourth-order valence-electron chi connectivity index (χ4n) is 2.17. The van der Waals surface area contributed by atoms with E-state index in [0.29, 0.717) is 24.5 Å². The fourth-order valence-corrected chi connectivity index (χ4v) is 2.44. The molecule has 130 valence electrons. The summed E-state index contributed by atoms with van der Waals surface area (Å²) in [7, 11) is 1.56. The molecule has 0 radical (unpaired) electrons. The maximum absolute atomic E-state index is 11.9. The van der Waals surface area contributed by atoms with Crippen LogP contribution in [0.2, 0.25) is 0 Å². The Morgan fingerprint density at radius 3 is 2.84 bits per heavy atom. The van der Waals surface area contributed by atoms with E-state index in [1.165, 1.54) is 0 Å². The standard InChI is InChI=1S/C16H16BrN5O3/c1-10-13(9-22(20-10)12-5-3-11(17)4-6-12)14-19-16(25-21-14)15(23)18-7-8-24-2/h3-6,9H,7-8H2,1-2H3,(H,18,23). The molecule has 2 aromatic heterocycles. The number of benzene rings is 1. The molecule has 8 nitrogen and oxygen atoms in total. The quantitative estimate of drug-likeness (QED) is 0.632. The molecule has 1 amide bonds. The largest absolute Gasteiger partial charge is 0.383 e. The molecule has 0 saturated heterocycles. The smallest absolute Gasteiger partial charge is 0.316 e. The number of aromatic nitrogens is 4. The lowest BCUT2D eigenvalue weighted by Crippen LogP contribution is -2.27. The van der Waals surface area contributed by atoms with Gasteiger partial charge in [-0.2, -0.15) is 10.1 Å². The summed E-state index contributed by atoms with van der Waals surface area (Å²) < 4.78 is 12.6. The molecule has 0 unspecified atom stereocenters. The van der Waals surface area contributed by atoms with Crippen molar-refractivity contribution in [3.05, 3.63) is 46.5 Å². The number of hydrogen-bond acceptors (Lipinski definition) is 6. The van der Waals surface area contributed by atoms with Crippen LogP contribution in [0.3, 0.4) is 0 Å². The molecule has 0 fully saturated rings. The Hall–Kier alpha value is -2.52. The van der Waals surface area contributed by atoms with Crippen LogP contribution >= 0.6 is 15.9 Å². The zero-order chi connectivity index (χ0) is 17.8. The number of methoxy groups -OCH3 is 1. The van der Waals surface area contributed by atoms with Crippen molar-refractivity contribution in [3.63, 3.8) is 0 Å². The molecule has 0 aliphatic rings. The summed E-state index contributed by atoms with van der Waals surface area (Å²) in [6.07, 6.45) is 1.80. The Balaban J connectivity index is 1.81. The Bertz CT molecular complexity index is 872. The van der Waals surface area contributed by atoms with Crippen LogP contribution in [0.5, 0.6) is 0 Å². The zero-order valence-corrected chi connectivity index (χ0v) is 15.3. The van der Waals surface area contributed by atoms with Crippen LogP contribution in [0.25, 0.3) is 17.1 Å². The Labute approximate surface area is 152 Å². The Morgan fingerprint density at radius 2 is 2.12 bits per heavy atom. The highest BCUT2D eigenvalue weighted by Crippen LogP contribution is 2.22. The van der Waals surface area contributed by atoms with Crippen LogP contribution in [0.15, 0.2) is 39.5 Å². The third kappa shape index (κ3) is 3.94. The molecule has 1 N–H and O–H groups in total. The summed E-state index contributed by atoms with van der Waals surface area (Å²) >= 11 is 3.41. The van der Waals surface area contributed by atoms with E-state index in [9.17, 15) is 4.79 Å². The summed E-state index contributed by atoms with van der Waals surface area (Å²) in [4.78, 5) is 16.1. The van der Waals surface area contributed by atoms with Crippen molar-refractivity contribution in [2.75, 3.05) is 20.3 Å². The van der Waals surface area contributed by atoms with E-state index in [1.54, 1.807) is 18.0 Å². The third-order valence-electron chi connectivity index (χ3n) is 3.44. The molecule has 0 spiro atoms. The second-order valence-corrected chi connectivity index (χ2v) is 6.14. The average molecular weight is 406 g/mol. The van der Waals surface area contributed by atoms with Crippen LogP contribution in [-0.2, 0) is 4.74 Å². The minimum atomic E-state index is -0.436. The number of ether oxygens (including phenoxy) is 1. The maximum Gasteiger partial charge on any atom is 0.316 e. The molecule has 0 aliphatic carbocycles. The van der Waals surface area contributed by atoms with Crippen molar-refractivity contribution >= 4 is 21.8 Å². The number of nitrogens with zero attached hydrogens (tertiary/aromatic N) is 4. The predicted octanol–water partition coefficient (Wildman–Crippen LogP) is 2.37. The first kappa shape index (κ1) is 17.3. The van der Waals surface area contributed by atoms with Crippen molar-refractivity contribution in [1.82, 2.24) is 25.2 Å². The number of halogens is 1. The number of hydrogen-bond donors (Lipinski definition) is 1. The van der Waals surface area contributed by atoms with Crippen molar-refractivity contribution in [3.8, 4) is 17.1 Å². The van der Waals surface area contributed by atoms with Gasteiger partial charge in [0.05, 0.1) is 23.6 Å². The molecule has 9 heteroatoms. The second kappa shape index (κ2) is 7.58. The molecule has 3 rings (SSSR count). The van der Waals surface area contributed by atoms with Gasteiger partial charge in [0, 0.05) is 24.3 Å². The number of carbonyl (C=O) groups excluding carboxylic acids is 1. The predicted molar refractivity (Wildman–Crippen MR) is 93.5 cm³/mol. The molecule has 2 heterocycles. The van der Waals surface area contributed by atoms with Gasteiger partial charge in [-0.25, -0.2) is 4.68 Å².